The zero-order chi connectivity index (χ0) is 14.9. The van der Waals surface area contributed by atoms with Crippen LogP contribution in [0, 0.1) is 11.6 Å². The van der Waals surface area contributed by atoms with Gasteiger partial charge in [0.2, 0.25) is 0 Å². The van der Waals surface area contributed by atoms with Crippen LogP contribution in [-0.2, 0) is 0 Å². The summed E-state index contributed by atoms with van der Waals surface area (Å²) in [7, 11) is 0. The molecule has 7 heteroatoms. The maximum absolute atomic E-state index is 13.7. The lowest BCUT2D eigenvalue weighted by Crippen LogP contribution is -2.03. The molecule has 0 aliphatic carbocycles. The van der Waals surface area contributed by atoms with Crippen molar-refractivity contribution in [2.24, 2.45) is 0 Å². The molecule has 0 aliphatic rings. The number of hydrogen-bond donors (Lipinski definition) is 2. The molecule has 0 aliphatic heterocycles. The summed E-state index contributed by atoms with van der Waals surface area (Å²) >= 11 is 11.6. The van der Waals surface area contributed by atoms with Crippen molar-refractivity contribution in [2.45, 2.75) is 0 Å². The Morgan fingerprint density at radius 2 is 1.70 bits per heavy atom. The number of carboxylic acid groups (broad SMARTS) is 1. The minimum atomic E-state index is -1.42. The Bertz CT molecular complexity index is 669. The van der Waals surface area contributed by atoms with Crippen molar-refractivity contribution in [3.8, 4) is 0 Å². The van der Waals surface area contributed by atoms with Crippen molar-refractivity contribution < 1.29 is 18.7 Å². The van der Waals surface area contributed by atoms with Gasteiger partial charge in [0.25, 0.3) is 0 Å². The molecule has 104 valence electrons. The molecule has 2 N–H and O–H groups in total. The SMILES string of the molecule is O=C(O)c1cc(F)c(Nc2cc(Cl)ccc2Cl)c(F)c1. The molecule has 2 aromatic carbocycles. The molecule has 0 spiro atoms. The molecular weight excluding hydrogens is 311 g/mol. The van der Waals surface area contributed by atoms with Gasteiger partial charge < -0.3 is 10.4 Å². The van der Waals surface area contributed by atoms with E-state index < -0.39 is 28.9 Å². The number of aromatic carboxylic acids is 1. The molecule has 0 unspecified atom stereocenters. The number of nitrogens with one attached hydrogen (secondary N) is 1. The van der Waals surface area contributed by atoms with E-state index in [9.17, 15) is 13.6 Å². The quantitative estimate of drug-likeness (QED) is 0.861. The van der Waals surface area contributed by atoms with Crippen LogP contribution in [-0.4, -0.2) is 11.1 Å². The van der Waals surface area contributed by atoms with Gasteiger partial charge in [-0.25, -0.2) is 13.6 Å². The van der Waals surface area contributed by atoms with E-state index >= 15 is 0 Å². The van der Waals surface area contributed by atoms with E-state index in [4.69, 9.17) is 28.3 Å². The van der Waals surface area contributed by atoms with Crippen molar-refractivity contribution in [3.63, 3.8) is 0 Å². The number of carboxylic acids is 1. The molecule has 0 bridgehead atoms. The third-order valence-corrected chi connectivity index (χ3v) is 3.04. The maximum atomic E-state index is 13.7. The third-order valence-electron chi connectivity index (χ3n) is 2.48. The Hall–Kier alpha value is -1.85. The standard InChI is InChI=1S/C13H7Cl2F2NO2/c14-7-1-2-8(15)11(5-7)18-12-9(16)3-6(13(19)20)4-10(12)17/h1-5,18H,(H,19,20). The second-order valence-electron chi connectivity index (χ2n) is 3.87. The van der Waals surface area contributed by atoms with Gasteiger partial charge in [-0.3, -0.25) is 0 Å². The van der Waals surface area contributed by atoms with Crippen molar-refractivity contribution in [2.75, 3.05) is 5.32 Å². The van der Waals surface area contributed by atoms with Gasteiger partial charge >= 0.3 is 5.97 Å². The summed E-state index contributed by atoms with van der Waals surface area (Å²) in [5.74, 6) is -3.51. The molecule has 0 fully saturated rings. The van der Waals surface area contributed by atoms with Gasteiger partial charge in [-0.2, -0.15) is 0 Å². The summed E-state index contributed by atoms with van der Waals surface area (Å²) in [6, 6.07) is 5.81. The Balaban J connectivity index is 2.44. The third kappa shape index (κ3) is 3.00. The fourth-order valence-electron chi connectivity index (χ4n) is 1.54. The molecule has 0 radical (unpaired) electrons. The van der Waals surface area contributed by atoms with E-state index in [-0.39, 0.29) is 10.7 Å². The largest absolute Gasteiger partial charge is 0.478 e. The highest BCUT2D eigenvalue weighted by Crippen LogP contribution is 2.31. The van der Waals surface area contributed by atoms with Gasteiger partial charge in [0.05, 0.1) is 16.3 Å². The average molecular weight is 318 g/mol. The lowest BCUT2D eigenvalue weighted by Gasteiger charge is -2.11. The smallest absolute Gasteiger partial charge is 0.335 e. The normalized spacial score (nSPS) is 10.4. The summed E-state index contributed by atoms with van der Waals surface area (Å²) in [5, 5.41) is 11.7. The Kier molecular flexibility index (Phi) is 4.11. The highest BCUT2D eigenvalue weighted by molar-refractivity contribution is 6.35. The summed E-state index contributed by atoms with van der Waals surface area (Å²) in [5.41, 5.74) is -0.776. The molecule has 0 amide bonds. The zero-order valence-electron chi connectivity index (χ0n) is 9.75. The first-order chi connectivity index (χ1) is 9.38. The number of anilines is 2. The highest BCUT2D eigenvalue weighted by atomic mass is 35.5. The topological polar surface area (TPSA) is 49.3 Å². The first-order valence-corrected chi connectivity index (χ1v) is 6.08. The lowest BCUT2D eigenvalue weighted by molar-refractivity contribution is 0.0696. The van der Waals surface area contributed by atoms with E-state index in [0.717, 1.165) is 0 Å². The van der Waals surface area contributed by atoms with E-state index in [1.807, 2.05) is 0 Å². The molecule has 0 atom stereocenters. The first-order valence-electron chi connectivity index (χ1n) is 5.33. The van der Waals surface area contributed by atoms with Gasteiger partial charge in [-0.15, -0.1) is 0 Å². The van der Waals surface area contributed by atoms with E-state index in [0.29, 0.717) is 17.2 Å². The number of hydrogen-bond acceptors (Lipinski definition) is 2. The Labute approximate surface area is 122 Å². The summed E-state index contributed by atoms with van der Waals surface area (Å²) in [6.45, 7) is 0. The van der Waals surface area contributed by atoms with Gasteiger partial charge in [0, 0.05) is 5.02 Å². The predicted octanol–water partition coefficient (Wildman–Crippen LogP) is 4.71. The van der Waals surface area contributed by atoms with Crippen molar-refractivity contribution >= 4 is 40.5 Å². The van der Waals surface area contributed by atoms with E-state index in [1.54, 1.807) is 0 Å². The van der Waals surface area contributed by atoms with Gasteiger partial charge in [-0.05, 0) is 30.3 Å². The van der Waals surface area contributed by atoms with Crippen LogP contribution in [0.15, 0.2) is 30.3 Å². The molecule has 0 heterocycles. The lowest BCUT2D eigenvalue weighted by atomic mass is 10.1. The van der Waals surface area contributed by atoms with E-state index in [2.05, 4.69) is 5.32 Å². The van der Waals surface area contributed by atoms with Crippen LogP contribution in [0.2, 0.25) is 10.0 Å². The first kappa shape index (κ1) is 14.6. The fourth-order valence-corrected chi connectivity index (χ4v) is 1.88. The maximum Gasteiger partial charge on any atom is 0.335 e. The second kappa shape index (κ2) is 5.64. The summed E-state index contributed by atoms with van der Waals surface area (Å²) < 4.78 is 27.5. The fraction of sp³-hybridized carbons (Fsp3) is 0. The molecular formula is C13H7Cl2F2NO2. The number of benzene rings is 2. The number of carbonyl (C=O) groups is 1. The van der Waals surface area contributed by atoms with Crippen LogP contribution < -0.4 is 5.32 Å². The molecule has 0 saturated heterocycles. The average Bonchev–Trinajstić information content (AvgIpc) is 2.37. The van der Waals surface area contributed by atoms with E-state index in [1.165, 1.54) is 18.2 Å². The summed E-state index contributed by atoms with van der Waals surface area (Å²) in [4.78, 5) is 10.7. The minimum Gasteiger partial charge on any atom is -0.478 e. The van der Waals surface area contributed by atoms with Crippen LogP contribution in [0.5, 0.6) is 0 Å². The molecule has 2 rings (SSSR count). The molecule has 2 aromatic rings. The second-order valence-corrected chi connectivity index (χ2v) is 4.71. The van der Waals surface area contributed by atoms with Crippen molar-refractivity contribution in [3.05, 3.63) is 57.6 Å². The minimum absolute atomic E-state index is 0.208. The monoisotopic (exact) mass is 317 g/mol. The molecule has 0 aromatic heterocycles. The van der Waals surface area contributed by atoms with Gasteiger partial charge in [-0.1, -0.05) is 23.2 Å². The molecule has 20 heavy (non-hydrogen) atoms. The highest BCUT2D eigenvalue weighted by Gasteiger charge is 2.15. The van der Waals surface area contributed by atoms with Crippen LogP contribution in [0.1, 0.15) is 10.4 Å². The summed E-state index contributed by atoms with van der Waals surface area (Å²) in [6.07, 6.45) is 0. The van der Waals surface area contributed by atoms with Gasteiger partial charge in [0.15, 0.2) is 11.6 Å². The van der Waals surface area contributed by atoms with Crippen molar-refractivity contribution in [1.82, 2.24) is 0 Å². The molecule has 0 saturated carbocycles. The Morgan fingerprint density at radius 3 is 2.25 bits per heavy atom. The van der Waals surface area contributed by atoms with Crippen LogP contribution in [0.25, 0.3) is 0 Å². The predicted molar refractivity (Wildman–Crippen MR) is 73.1 cm³/mol. The molecule has 3 nitrogen and oxygen atoms in total. The van der Waals surface area contributed by atoms with Crippen LogP contribution in [0.4, 0.5) is 20.2 Å². The van der Waals surface area contributed by atoms with Gasteiger partial charge in [0.1, 0.15) is 5.69 Å². The van der Waals surface area contributed by atoms with Crippen molar-refractivity contribution in [1.29, 1.82) is 0 Å². The van der Waals surface area contributed by atoms with Crippen LogP contribution >= 0.6 is 23.2 Å². The van der Waals surface area contributed by atoms with Crippen LogP contribution in [0.3, 0.4) is 0 Å². The zero-order valence-corrected chi connectivity index (χ0v) is 11.3. The number of rotatable bonds is 3. The Morgan fingerprint density at radius 1 is 1.10 bits per heavy atom. The number of halogens is 4.